The topological polar surface area (TPSA) is 30.5 Å². The van der Waals surface area contributed by atoms with E-state index in [0.717, 1.165) is 18.5 Å². The van der Waals surface area contributed by atoms with E-state index >= 15 is 0 Å². The lowest BCUT2D eigenvalue weighted by Gasteiger charge is -2.20. The van der Waals surface area contributed by atoms with Gasteiger partial charge in [0.05, 0.1) is 13.2 Å². The molecule has 1 unspecified atom stereocenters. The van der Waals surface area contributed by atoms with E-state index in [9.17, 15) is 4.39 Å². The number of nitrogens with one attached hydrogen (secondary N) is 1. The van der Waals surface area contributed by atoms with Gasteiger partial charge in [-0.05, 0) is 30.0 Å². The Morgan fingerprint density at radius 3 is 2.40 bits per heavy atom. The highest BCUT2D eigenvalue weighted by Crippen LogP contribution is 2.19. The van der Waals surface area contributed by atoms with Crippen LogP contribution in [0.15, 0.2) is 24.3 Å². The maximum absolute atomic E-state index is 13.0. The molecule has 1 N–H and O–H groups in total. The van der Waals surface area contributed by atoms with Crippen LogP contribution in [0.4, 0.5) is 4.39 Å². The molecule has 1 rings (SSSR count). The van der Waals surface area contributed by atoms with Crippen molar-refractivity contribution < 1.29 is 13.9 Å². The highest BCUT2D eigenvalue weighted by atomic mass is 19.1. The molecule has 0 aromatic heterocycles. The van der Waals surface area contributed by atoms with Crippen LogP contribution in [-0.2, 0) is 9.47 Å². The fourth-order valence-electron chi connectivity index (χ4n) is 1.97. The number of ether oxygens (including phenoxy) is 2. The van der Waals surface area contributed by atoms with Crippen LogP contribution in [0.2, 0.25) is 0 Å². The van der Waals surface area contributed by atoms with Crippen molar-refractivity contribution in [1.29, 1.82) is 0 Å². The first-order valence-corrected chi connectivity index (χ1v) is 7.19. The number of halogens is 1. The fourth-order valence-corrected chi connectivity index (χ4v) is 1.97. The predicted octanol–water partition coefficient (Wildman–Crippen LogP) is 2.96. The van der Waals surface area contributed by atoms with E-state index < -0.39 is 0 Å². The summed E-state index contributed by atoms with van der Waals surface area (Å²) in [5, 5.41) is 3.44. The van der Waals surface area contributed by atoms with Gasteiger partial charge in [0.2, 0.25) is 0 Å². The molecule has 114 valence electrons. The summed E-state index contributed by atoms with van der Waals surface area (Å²) in [4.78, 5) is 0. The minimum Gasteiger partial charge on any atom is -0.382 e. The lowest BCUT2D eigenvalue weighted by atomic mass is 9.95. The van der Waals surface area contributed by atoms with Gasteiger partial charge in [0, 0.05) is 26.3 Å². The molecule has 0 spiro atoms. The Labute approximate surface area is 121 Å². The Kier molecular flexibility index (Phi) is 8.42. The summed E-state index contributed by atoms with van der Waals surface area (Å²) in [6.45, 7) is 7.03. The summed E-state index contributed by atoms with van der Waals surface area (Å²) >= 11 is 0. The summed E-state index contributed by atoms with van der Waals surface area (Å²) < 4.78 is 23.5. The predicted molar refractivity (Wildman–Crippen MR) is 79.6 cm³/mol. The number of hydrogen-bond donors (Lipinski definition) is 1. The number of rotatable bonds is 10. The van der Waals surface area contributed by atoms with Gasteiger partial charge in [-0.15, -0.1) is 0 Å². The third kappa shape index (κ3) is 6.98. The van der Waals surface area contributed by atoms with Crippen molar-refractivity contribution in [3.63, 3.8) is 0 Å². The van der Waals surface area contributed by atoms with Gasteiger partial charge in [0.15, 0.2) is 0 Å². The van der Waals surface area contributed by atoms with Gasteiger partial charge in [-0.25, -0.2) is 4.39 Å². The normalized spacial score (nSPS) is 12.8. The molecule has 0 aliphatic carbocycles. The zero-order valence-corrected chi connectivity index (χ0v) is 12.7. The zero-order chi connectivity index (χ0) is 14.8. The first-order chi connectivity index (χ1) is 9.63. The fraction of sp³-hybridized carbons (Fsp3) is 0.625. The molecule has 0 saturated heterocycles. The quantitative estimate of drug-likeness (QED) is 0.670. The maximum atomic E-state index is 13.0. The largest absolute Gasteiger partial charge is 0.382 e. The van der Waals surface area contributed by atoms with Gasteiger partial charge >= 0.3 is 0 Å². The van der Waals surface area contributed by atoms with Crippen LogP contribution in [0, 0.1) is 5.82 Å². The monoisotopic (exact) mass is 283 g/mol. The van der Waals surface area contributed by atoms with Crippen LogP contribution in [-0.4, -0.2) is 39.5 Å². The molecule has 0 fully saturated rings. The van der Waals surface area contributed by atoms with Crippen LogP contribution in [0.1, 0.15) is 31.7 Å². The molecule has 0 aliphatic heterocycles. The number of methoxy groups -OCH3 is 1. The molecular formula is C16H26FNO2. The lowest BCUT2D eigenvalue weighted by molar-refractivity contribution is 0.0669. The molecule has 0 heterocycles. The van der Waals surface area contributed by atoms with E-state index in [1.54, 1.807) is 7.11 Å². The smallest absolute Gasteiger partial charge is 0.123 e. The molecule has 20 heavy (non-hydrogen) atoms. The molecule has 0 radical (unpaired) electrons. The van der Waals surface area contributed by atoms with Crippen molar-refractivity contribution in [2.45, 2.75) is 32.2 Å². The second-order valence-electron chi connectivity index (χ2n) is 5.21. The van der Waals surface area contributed by atoms with E-state index in [1.165, 1.54) is 12.1 Å². The van der Waals surface area contributed by atoms with E-state index in [2.05, 4.69) is 19.2 Å². The number of hydrogen-bond acceptors (Lipinski definition) is 3. The molecule has 4 heteroatoms. The summed E-state index contributed by atoms with van der Waals surface area (Å²) in [7, 11) is 1.66. The van der Waals surface area contributed by atoms with Gasteiger partial charge in [0.25, 0.3) is 0 Å². The standard InChI is InChI=1S/C16H26FNO2/c1-13(2)18-12-15(8-9-20-11-10-19-3)14-4-6-16(17)7-5-14/h4-7,13,15,18H,8-12H2,1-3H3. The minimum absolute atomic E-state index is 0.194. The molecule has 0 aliphatic rings. The lowest BCUT2D eigenvalue weighted by Crippen LogP contribution is -2.28. The first-order valence-electron chi connectivity index (χ1n) is 7.19. The second kappa shape index (κ2) is 9.86. The Bertz CT molecular complexity index is 354. The van der Waals surface area contributed by atoms with E-state index in [4.69, 9.17) is 9.47 Å². The molecule has 3 nitrogen and oxygen atoms in total. The molecule has 1 aromatic carbocycles. The van der Waals surface area contributed by atoms with E-state index in [-0.39, 0.29) is 5.82 Å². The Balaban J connectivity index is 2.49. The van der Waals surface area contributed by atoms with Crippen LogP contribution in [0.5, 0.6) is 0 Å². The SMILES string of the molecule is COCCOCCC(CNC(C)C)c1ccc(F)cc1. The minimum atomic E-state index is -0.194. The third-order valence-corrected chi connectivity index (χ3v) is 3.16. The van der Waals surface area contributed by atoms with Crippen molar-refractivity contribution in [2.24, 2.45) is 0 Å². The van der Waals surface area contributed by atoms with Crippen LogP contribution in [0.25, 0.3) is 0 Å². The maximum Gasteiger partial charge on any atom is 0.123 e. The van der Waals surface area contributed by atoms with Crippen molar-refractivity contribution in [2.75, 3.05) is 33.5 Å². The van der Waals surface area contributed by atoms with Crippen molar-refractivity contribution in [3.05, 3.63) is 35.6 Å². The third-order valence-electron chi connectivity index (χ3n) is 3.16. The number of benzene rings is 1. The Morgan fingerprint density at radius 1 is 1.10 bits per heavy atom. The van der Waals surface area contributed by atoms with Crippen LogP contribution < -0.4 is 5.32 Å². The van der Waals surface area contributed by atoms with Crippen molar-refractivity contribution in [3.8, 4) is 0 Å². The van der Waals surface area contributed by atoms with Gasteiger partial charge in [0.1, 0.15) is 5.82 Å². The average molecular weight is 283 g/mol. The van der Waals surface area contributed by atoms with Crippen LogP contribution in [0.3, 0.4) is 0 Å². The summed E-state index contributed by atoms with van der Waals surface area (Å²) in [6, 6.07) is 7.19. The van der Waals surface area contributed by atoms with Crippen molar-refractivity contribution in [1.82, 2.24) is 5.32 Å². The van der Waals surface area contributed by atoms with Crippen molar-refractivity contribution >= 4 is 0 Å². The zero-order valence-electron chi connectivity index (χ0n) is 12.7. The van der Waals surface area contributed by atoms with Gasteiger partial charge < -0.3 is 14.8 Å². The molecule has 0 amide bonds. The molecule has 0 bridgehead atoms. The molecule has 1 atom stereocenters. The molecule has 1 aromatic rings. The van der Waals surface area contributed by atoms with E-state index in [1.807, 2.05) is 12.1 Å². The average Bonchev–Trinajstić information content (AvgIpc) is 2.43. The Hall–Kier alpha value is -0.970. The molecular weight excluding hydrogens is 257 g/mol. The van der Waals surface area contributed by atoms with Gasteiger partial charge in [-0.3, -0.25) is 0 Å². The highest BCUT2D eigenvalue weighted by molar-refractivity contribution is 5.20. The summed E-state index contributed by atoms with van der Waals surface area (Å²) in [6.07, 6.45) is 0.912. The Morgan fingerprint density at radius 2 is 1.80 bits per heavy atom. The van der Waals surface area contributed by atoms with Gasteiger partial charge in [-0.1, -0.05) is 26.0 Å². The summed E-state index contributed by atoms with van der Waals surface area (Å²) in [5.41, 5.74) is 1.15. The van der Waals surface area contributed by atoms with Crippen LogP contribution >= 0.6 is 0 Å². The second-order valence-corrected chi connectivity index (χ2v) is 5.21. The highest BCUT2D eigenvalue weighted by Gasteiger charge is 2.12. The summed E-state index contributed by atoms with van der Waals surface area (Å²) in [5.74, 6) is 0.140. The first kappa shape index (κ1) is 17.1. The van der Waals surface area contributed by atoms with E-state index in [0.29, 0.717) is 31.8 Å². The van der Waals surface area contributed by atoms with Gasteiger partial charge in [-0.2, -0.15) is 0 Å². The molecule has 0 saturated carbocycles.